The number of thiophene rings is 1. The van der Waals surface area contributed by atoms with E-state index in [0.29, 0.717) is 6.54 Å². The average Bonchev–Trinajstić information content (AvgIpc) is 3.28. The summed E-state index contributed by atoms with van der Waals surface area (Å²) < 4.78 is 19.4. The maximum atomic E-state index is 13.3. The fraction of sp³-hybridized carbons (Fsp3) is 0.333. The molecule has 1 aliphatic carbocycles. The third-order valence-corrected chi connectivity index (χ3v) is 6.33. The summed E-state index contributed by atoms with van der Waals surface area (Å²) in [6.07, 6.45) is 2.64. The molecule has 5 heteroatoms. The maximum Gasteiger partial charge on any atom is 0.123 e. The Hall–Kier alpha value is -2.05. The van der Waals surface area contributed by atoms with Crippen molar-refractivity contribution in [2.24, 2.45) is 0 Å². The molecule has 3 atom stereocenters. The minimum absolute atomic E-state index is 0.0554. The first-order valence-electron chi connectivity index (χ1n) is 10.1. The Balaban J connectivity index is 1.35. The highest BCUT2D eigenvalue weighted by Crippen LogP contribution is 2.32. The van der Waals surface area contributed by atoms with Crippen molar-refractivity contribution in [1.82, 2.24) is 5.32 Å². The first-order valence-corrected chi connectivity index (χ1v) is 11.0. The predicted octanol–water partition coefficient (Wildman–Crippen LogP) is 5.02. The van der Waals surface area contributed by atoms with E-state index in [9.17, 15) is 9.50 Å². The molecule has 0 saturated heterocycles. The van der Waals surface area contributed by atoms with Crippen molar-refractivity contribution >= 4 is 11.3 Å². The van der Waals surface area contributed by atoms with Gasteiger partial charge in [0.15, 0.2) is 0 Å². The summed E-state index contributed by atoms with van der Waals surface area (Å²) in [4.78, 5) is 1.13. The number of aliphatic hydroxyl groups is 1. The molecule has 0 bridgehead atoms. The first-order chi connectivity index (χ1) is 14.2. The lowest BCUT2D eigenvalue weighted by Gasteiger charge is -2.27. The second kappa shape index (κ2) is 9.63. The normalized spacial score (nSPS) is 18.2. The molecule has 29 heavy (non-hydrogen) atoms. The number of hydrogen-bond donors (Lipinski definition) is 2. The van der Waals surface area contributed by atoms with Gasteiger partial charge in [0.2, 0.25) is 0 Å². The van der Waals surface area contributed by atoms with Crippen LogP contribution in [0.2, 0.25) is 0 Å². The van der Waals surface area contributed by atoms with Crippen molar-refractivity contribution in [3.63, 3.8) is 0 Å². The Morgan fingerprint density at radius 2 is 1.93 bits per heavy atom. The van der Waals surface area contributed by atoms with Gasteiger partial charge in [-0.05, 0) is 59.5 Å². The minimum Gasteiger partial charge on any atom is -0.389 e. The zero-order valence-electron chi connectivity index (χ0n) is 16.3. The Labute approximate surface area is 175 Å². The van der Waals surface area contributed by atoms with Crippen molar-refractivity contribution in [2.75, 3.05) is 13.2 Å². The molecule has 0 radical (unpaired) electrons. The summed E-state index contributed by atoms with van der Waals surface area (Å²) in [7, 11) is 0. The lowest BCUT2D eigenvalue weighted by Crippen LogP contribution is -2.34. The number of nitrogens with one attached hydrogen (secondary N) is 1. The number of hydrogen-bond acceptors (Lipinski definition) is 4. The average molecular weight is 412 g/mol. The van der Waals surface area contributed by atoms with E-state index >= 15 is 0 Å². The fourth-order valence-electron chi connectivity index (χ4n) is 3.92. The number of fused-ring (bicyclic) bond motifs is 1. The predicted molar refractivity (Wildman–Crippen MR) is 115 cm³/mol. The van der Waals surface area contributed by atoms with Crippen LogP contribution in [0.25, 0.3) is 0 Å². The number of aryl methyl sites for hydroxylation is 1. The van der Waals surface area contributed by atoms with E-state index in [4.69, 9.17) is 4.74 Å². The lowest BCUT2D eigenvalue weighted by atomic mass is 9.89. The van der Waals surface area contributed by atoms with Crippen molar-refractivity contribution in [3.05, 3.63) is 93.4 Å². The van der Waals surface area contributed by atoms with Gasteiger partial charge >= 0.3 is 0 Å². The van der Waals surface area contributed by atoms with Crippen LogP contribution in [0.1, 0.15) is 46.6 Å². The monoisotopic (exact) mass is 411 g/mol. The number of benzene rings is 2. The third kappa shape index (κ3) is 5.11. The summed E-state index contributed by atoms with van der Waals surface area (Å²) in [5.41, 5.74) is 3.58. The molecule has 1 heterocycles. The van der Waals surface area contributed by atoms with E-state index in [-0.39, 0.29) is 24.6 Å². The van der Waals surface area contributed by atoms with Gasteiger partial charge < -0.3 is 15.2 Å². The summed E-state index contributed by atoms with van der Waals surface area (Å²) in [5.74, 6) is -0.250. The minimum atomic E-state index is -0.619. The molecule has 0 aliphatic heterocycles. The van der Waals surface area contributed by atoms with Crippen LogP contribution in [0, 0.1) is 5.82 Å². The standard InChI is InChI=1S/C24H26FNO2S/c25-19-12-10-18(11-13-19)24(23-9-4-14-29-23)26-15-20(27)16-28-22-8-3-6-17-5-1-2-7-21(17)22/h1-2,4-5,7,9-14,20,22,24,26-27H,3,6,8,15-16H2. The van der Waals surface area contributed by atoms with Crippen LogP contribution in [0.5, 0.6) is 0 Å². The topological polar surface area (TPSA) is 41.5 Å². The van der Waals surface area contributed by atoms with Gasteiger partial charge in [0.1, 0.15) is 5.82 Å². The highest BCUT2D eigenvalue weighted by Gasteiger charge is 2.22. The molecule has 1 aliphatic rings. The van der Waals surface area contributed by atoms with Crippen LogP contribution < -0.4 is 5.32 Å². The van der Waals surface area contributed by atoms with Crippen LogP contribution >= 0.6 is 11.3 Å². The molecular formula is C24H26FNO2S. The quantitative estimate of drug-likeness (QED) is 0.547. The van der Waals surface area contributed by atoms with Gasteiger partial charge in [-0.25, -0.2) is 4.39 Å². The lowest BCUT2D eigenvalue weighted by molar-refractivity contribution is -0.0171. The highest BCUT2D eigenvalue weighted by molar-refractivity contribution is 7.10. The molecule has 2 N–H and O–H groups in total. The molecule has 4 rings (SSSR count). The maximum absolute atomic E-state index is 13.3. The molecule has 3 aromatic rings. The number of ether oxygens (including phenoxy) is 1. The van der Waals surface area contributed by atoms with E-state index in [0.717, 1.165) is 29.7 Å². The van der Waals surface area contributed by atoms with Crippen molar-refractivity contribution in [2.45, 2.75) is 37.5 Å². The van der Waals surface area contributed by atoms with Gasteiger partial charge in [-0.1, -0.05) is 42.5 Å². The van der Waals surface area contributed by atoms with Crippen LogP contribution in [0.3, 0.4) is 0 Å². The van der Waals surface area contributed by atoms with Crippen LogP contribution in [-0.2, 0) is 11.2 Å². The Morgan fingerprint density at radius 3 is 2.72 bits per heavy atom. The summed E-state index contributed by atoms with van der Waals surface area (Å²) in [6.45, 7) is 0.681. The van der Waals surface area contributed by atoms with Crippen LogP contribution in [0.4, 0.5) is 4.39 Å². The Morgan fingerprint density at radius 1 is 1.10 bits per heavy atom. The molecule has 3 unspecified atom stereocenters. The summed E-state index contributed by atoms with van der Waals surface area (Å²) in [5, 5.41) is 16.0. The van der Waals surface area contributed by atoms with E-state index < -0.39 is 6.10 Å². The SMILES string of the molecule is OC(CNC(c1ccc(F)cc1)c1cccs1)COC1CCCc2ccccc21. The Bertz CT molecular complexity index is 898. The van der Waals surface area contributed by atoms with Crippen LogP contribution in [-0.4, -0.2) is 24.4 Å². The van der Waals surface area contributed by atoms with Crippen molar-refractivity contribution < 1.29 is 14.2 Å². The molecule has 2 aromatic carbocycles. The van der Waals surface area contributed by atoms with Gasteiger partial charge in [0.05, 0.1) is 24.9 Å². The van der Waals surface area contributed by atoms with E-state index in [1.165, 1.54) is 23.3 Å². The summed E-state index contributed by atoms with van der Waals surface area (Å²) in [6, 6.07) is 18.9. The summed E-state index contributed by atoms with van der Waals surface area (Å²) >= 11 is 1.64. The highest BCUT2D eigenvalue weighted by atomic mass is 32.1. The van der Waals surface area contributed by atoms with Crippen molar-refractivity contribution in [3.8, 4) is 0 Å². The van der Waals surface area contributed by atoms with Crippen molar-refractivity contribution in [1.29, 1.82) is 0 Å². The second-order valence-corrected chi connectivity index (χ2v) is 8.45. The molecule has 1 aromatic heterocycles. The molecular weight excluding hydrogens is 385 g/mol. The zero-order chi connectivity index (χ0) is 20.1. The molecule has 3 nitrogen and oxygen atoms in total. The number of rotatable bonds is 8. The number of aliphatic hydroxyl groups excluding tert-OH is 1. The van der Waals surface area contributed by atoms with Gasteiger partial charge in [0.25, 0.3) is 0 Å². The second-order valence-electron chi connectivity index (χ2n) is 7.48. The molecule has 152 valence electrons. The third-order valence-electron chi connectivity index (χ3n) is 5.39. The largest absolute Gasteiger partial charge is 0.389 e. The molecule has 0 saturated carbocycles. The molecule has 0 amide bonds. The first kappa shape index (κ1) is 20.2. The number of halogens is 1. The van der Waals surface area contributed by atoms with Gasteiger partial charge in [-0.15, -0.1) is 11.3 Å². The Kier molecular flexibility index (Phi) is 6.72. The van der Waals surface area contributed by atoms with E-state index in [1.54, 1.807) is 23.5 Å². The van der Waals surface area contributed by atoms with Crippen LogP contribution in [0.15, 0.2) is 66.0 Å². The van der Waals surface area contributed by atoms with E-state index in [2.05, 4.69) is 23.5 Å². The smallest absolute Gasteiger partial charge is 0.123 e. The van der Waals surface area contributed by atoms with Gasteiger partial charge in [-0.3, -0.25) is 0 Å². The van der Waals surface area contributed by atoms with Gasteiger partial charge in [-0.2, -0.15) is 0 Å². The molecule has 0 fully saturated rings. The zero-order valence-corrected chi connectivity index (χ0v) is 17.1. The fourth-order valence-corrected chi connectivity index (χ4v) is 4.74. The van der Waals surface area contributed by atoms with Gasteiger partial charge in [0, 0.05) is 11.4 Å². The van der Waals surface area contributed by atoms with E-state index in [1.807, 2.05) is 23.6 Å². The molecule has 0 spiro atoms.